The zero-order valence-electron chi connectivity index (χ0n) is 26.2. The summed E-state index contributed by atoms with van der Waals surface area (Å²) in [5.74, 6) is -11.3. The van der Waals surface area contributed by atoms with E-state index in [1.807, 2.05) is 0 Å². The Morgan fingerprint density at radius 1 is 0.646 bits per heavy atom. The summed E-state index contributed by atoms with van der Waals surface area (Å²) in [6.45, 7) is 4.81. The van der Waals surface area contributed by atoms with Crippen LogP contribution in [0.3, 0.4) is 0 Å². The summed E-state index contributed by atoms with van der Waals surface area (Å²) in [6.07, 6.45) is 0. The number of hydrogen-bond donors (Lipinski definition) is 2. The van der Waals surface area contributed by atoms with E-state index >= 15 is 18.4 Å². The second-order valence-electron chi connectivity index (χ2n) is 13.4. The molecule has 2 N–H and O–H groups in total. The van der Waals surface area contributed by atoms with Gasteiger partial charge in [-0.1, -0.05) is 60.7 Å². The first-order chi connectivity index (χ1) is 22.8. The molecule has 48 heavy (non-hydrogen) atoms. The molecule has 4 atom stereocenters. The van der Waals surface area contributed by atoms with E-state index in [0.717, 1.165) is 24.3 Å². The van der Waals surface area contributed by atoms with E-state index in [4.69, 9.17) is 4.74 Å². The molecule has 2 aliphatic heterocycles. The number of carbonyl (C=O) groups is 5. The molecule has 4 aromatic rings. The number of fused-ring (bicyclic) bond motifs is 5. The molecular weight excluding hydrogens is 618 g/mol. The zero-order chi connectivity index (χ0) is 34.2. The molecule has 7 rings (SSSR count). The standard InChI is InChI=1S/C38H30F2N2O6/c1-36(2,3)48-33(45)28-29(31(43)20-10-6-4-7-11-20)37(24-18-22(39)14-16-26(24)41-34(37)46)38(30(28)32(44)21-12-8-5-9-13-21)25-19-23(40)15-17-27(25)42-35(38)47/h4-19,28-30H,1-3H3,(H,41,46)(H,42,47). The van der Waals surface area contributed by atoms with Crippen molar-refractivity contribution in [1.29, 1.82) is 0 Å². The quantitative estimate of drug-likeness (QED) is 0.202. The Hall–Kier alpha value is -5.51. The predicted octanol–water partition coefficient (Wildman–Crippen LogP) is 6.01. The van der Waals surface area contributed by atoms with Crippen molar-refractivity contribution in [2.45, 2.75) is 37.2 Å². The smallest absolute Gasteiger partial charge is 0.311 e. The lowest BCUT2D eigenvalue weighted by Gasteiger charge is -2.42. The lowest BCUT2D eigenvalue weighted by Crippen LogP contribution is -2.61. The lowest BCUT2D eigenvalue weighted by molar-refractivity contribution is -0.162. The molecule has 2 spiro atoms. The minimum Gasteiger partial charge on any atom is -0.460 e. The maximum atomic E-state index is 15.4. The van der Waals surface area contributed by atoms with Gasteiger partial charge in [-0.3, -0.25) is 24.0 Å². The van der Waals surface area contributed by atoms with Crippen molar-refractivity contribution in [3.8, 4) is 0 Å². The molecule has 242 valence electrons. The maximum absolute atomic E-state index is 15.4. The van der Waals surface area contributed by atoms with Crippen LogP contribution in [-0.4, -0.2) is 35.0 Å². The summed E-state index contributed by atoms with van der Waals surface area (Å²) in [6, 6.07) is 22.5. The normalized spacial score (nSPS) is 25.4. The molecule has 8 nitrogen and oxygen atoms in total. The number of esters is 1. The number of halogens is 2. The third-order valence-electron chi connectivity index (χ3n) is 9.66. The van der Waals surface area contributed by atoms with Gasteiger partial charge >= 0.3 is 5.97 Å². The van der Waals surface area contributed by atoms with Gasteiger partial charge in [-0.05, 0) is 68.3 Å². The SMILES string of the molecule is CC(C)(C)OC(=O)C1C(C(=O)c2ccccc2)C2(C(=O)Nc3ccc(F)cc32)C2(C(=O)Nc3ccc(F)cc32)C1C(=O)c1ccccc1. The van der Waals surface area contributed by atoms with Gasteiger partial charge in [-0.25, -0.2) is 8.78 Å². The highest BCUT2D eigenvalue weighted by Crippen LogP contribution is 2.70. The highest BCUT2D eigenvalue weighted by atomic mass is 19.1. The molecule has 1 aliphatic carbocycles. The van der Waals surface area contributed by atoms with E-state index < -0.39 is 75.2 Å². The third kappa shape index (κ3) is 4.21. The van der Waals surface area contributed by atoms with Crippen molar-refractivity contribution < 1.29 is 37.5 Å². The molecule has 2 amide bonds. The first-order valence-corrected chi connectivity index (χ1v) is 15.5. The number of ketones is 2. The minimum absolute atomic E-state index is 0.0777. The molecule has 10 heteroatoms. The minimum atomic E-state index is -2.43. The molecule has 0 saturated heterocycles. The van der Waals surface area contributed by atoms with E-state index in [1.54, 1.807) is 57.2 Å². The molecule has 4 unspecified atom stereocenters. The van der Waals surface area contributed by atoms with Crippen LogP contribution in [0.25, 0.3) is 0 Å². The van der Waals surface area contributed by atoms with Crippen molar-refractivity contribution in [1.82, 2.24) is 0 Å². The summed E-state index contributed by atoms with van der Waals surface area (Å²) < 4.78 is 36.6. The highest BCUT2D eigenvalue weighted by molar-refractivity contribution is 6.25. The van der Waals surface area contributed by atoms with Crippen LogP contribution < -0.4 is 10.6 Å². The average Bonchev–Trinajstić information content (AvgIpc) is 3.62. The van der Waals surface area contributed by atoms with Gasteiger partial charge in [-0.2, -0.15) is 0 Å². The predicted molar refractivity (Wildman–Crippen MR) is 171 cm³/mol. The van der Waals surface area contributed by atoms with Crippen molar-refractivity contribution in [2.75, 3.05) is 10.6 Å². The molecule has 1 saturated carbocycles. The van der Waals surface area contributed by atoms with E-state index in [-0.39, 0.29) is 33.6 Å². The number of benzene rings is 4. The van der Waals surface area contributed by atoms with Crippen LogP contribution in [0.5, 0.6) is 0 Å². The fourth-order valence-electron chi connectivity index (χ4n) is 8.14. The van der Waals surface area contributed by atoms with E-state index in [1.165, 1.54) is 36.4 Å². The molecular formula is C38H30F2N2O6. The molecule has 4 aromatic carbocycles. The second-order valence-corrected chi connectivity index (χ2v) is 13.4. The van der Waals surface area contributed by atoms with Crippen LogP contribution in [0.1, 0.15) is 52.6 Å². The van der Waals surface area contributed by atoms with Crippen LogP contribution >= 0.6 is 0 Å². The number of Topliss-reactive ketones (excluding diaryl/α,β-unsaturated/α-hetero) is 2. The summed E-state index contributed by atoms with van der Waals surface area (Å²) in [4.78, 5) is 74.7. The number of ether oxygens (including phenoxy) is 1. The first kappa shape index (κ1) is 31.1. The number of nitrogens with one attached hydrogen (secondary N) is 2. The fraction of sp³-hybridized carbons (Fsp3) is 0.237. The van der Waals surface area contributed by atoms with Crippen molar-refractivity contribution in [2.24, 2.45) is 17.8 Å². The molecule has 1 fully saturated rings. The Labute approximate surface area is 274 Å². The van der Waals surface area contributed by atoms with Crippen LogP contribution in [0.2, 0.25) is 0 Å². The van der Waals surface area contributed by atoms with E-state index in [9.17, 15) is 14.4 Å². The van der Waals surface area contributed by atoms with E-state index in [0.29, 0.717) is 0 Å². The van der Waals surface area contributed by atoms with E-state index in [2.05, 4.69) is 10.6 Å². The van der Waals surface area contributed by atoms with Crippen molar-refractivity contribution in [3.63, 3.8) is 0 Å². The monoisotopic (exact) mass is 648 g/mol. The Bertz CT molecular complexity index is 1910. The third-order valence-corrected chi connectivity index (χ3v) is 9.66. The zero-order valence-corrected chi connectivity index (χ0v) is 26.2. The van der Waals surface area contributed by atoms with Gasteiger partial charge in [-0.15, -0.1) is 0 Å². The number of anilines is 2. The highest BCUT2D eigenvalue weighted by Gasteiger charge is 2.83. The topological polar surface area (TPSA) is 119 Å². The van der Waals surface area contributed by atoms with Crippen LogP contribution in [0.4, 0.5) is 20.2 Å². The Kier molecular flexibility index (Phi) is 6.98. The Morgan fingerprint density at radius 2 is 1.04 bits per heavy atom. The van der Waals surface area contributed by atoms with Gasteiger partial charge in [0.2, 0.25) is 11.8 Å². The van der Waals surface area contributed by atoms with Gasteiger partial charge in [0.25, 0.3) is 0 Å². The fourth-order valence-corrected chi connectivity index (χ4v) is 8.14. The maximum Gasteiger partial charge on any atom is 0.311 e. The Balaban J connectivity index is 1.69. The molecule has 0 aromatic heterocycles. The first-order valence-electron chi connectivity index (χ1n) is 15.5. The summed E-state index contributed by atoms with van der Waals surface area (Å²) in [5, 5.41) is 5.45. The number of rotatable bonds is 5. The number of carbonyl (C=O) groups excluding carboxylic acids is 5. The largest absolute Gasteiger partial charge is 0.460 e. The van der Waals surface area contributed by atoms with Crippen molar-refractivity contribution >= 4 is 40.7 Å². The van der Waals surface area contributed by atoms with Crippen LogP contribution in [-0.2, 0) is 30.0 Å². The Morgan fingerprint density at radius 3 is 1.42 bits per heavy atom. The lowest BCUT2D eigenvalue weighted by atomic mass is 9.53. The molecule has 2 heterocycles. The van der Waals surface area contributed by atoms with Gasteiger partial charge in [0.1, 0.15) is 28.1 Å². The summed E-state index contributed by atoms with van der Waals surface area (Å²) >= 11 is 0. The van der Waals surface area contributed by atoms with Crippen molar-refractivity contribution in [3.05, 3.63) is 131 Å². The number of hydrogen-bond acceptors (Lipinski definition) is 6. The van der Waals surface area contributed by atoms with Gasteiger partial charge in [0.05, 0.1) is 17.8 Å². The van der Waals surface area contributed by atoms with Gasteiger partial charge < -0.3 is 15.4 Å². The molecule has 3 aliphatic rings. The molecule has 0 radical (unpaired) electrons. The van der Waals surface area contributed by atoms with Crippen LogP contribution in [0.15, 0.2) is 97.1 Å². The summed E-state index contributed by atoms with van der Waals surface area (Å²) in [7, 11) is 0. The van der Waals surface area contributed by atoms with Gasteiger partial charge in [0.15, 0.2) is 11.6 Å². The molecule has 0 bridgehead atoms. The summed E-state index contributed by atoms with van der Waals surface area (Å²) in [5.41, 5.74) is -5.89. The van der Waals surface area contributed by atoms with Crippen LogP contribution in [0, 0.1) is 29.4 Å². The average molecular weight is 649 g/mol. The van der Waals surface area contributed by atoms with Gasteiger partial charge in [0, 0.05) is 22.5 Å². The second kappa shape index (κ2) is 10.8. The number of amides is 2.